The number of nitrogens with zero attached hydrogens (tertiary/aromatic N) is 6. The van der Waals surface area contributed by atoms with Crippen molar-refractivity contribution in [3.8, 4) is 5.69 Å². The Balaban J connectivity index is 1.50. The summed E-state index contributed by atoms with van der Waals surface area (Å²) in [7, 11) is -3.24. The maximum atomic E-state index is 12.6. The largest absolute Gasteiger partial charge is 0.298 e. The number of nitrogens with one attached hydrogen (secondary N) is 1. The summed E-state index contributed by atoms with van der Waals surface area (Å²) in [4.78, 5) is 17.9. The Morgan fingerprint density at radius 1 is 1.36 bits per heavy atom. The zero-order valence-corrected chi connectivity index (χ0v) is 16.6. The van der Waals surface area contributed by atoms with E-state index in [0.29, 0.717) is 35.9 Å². The maximum absolute atomic E-state index is 12.6. The van der Waals surface area contributed by atoms with Crippen LogP contribution >= 0.6 is 11.3 Å². The van der Waals surface area contributed by atoms with E-state index < -0.39 is 10.0 Å². The van der Waals surface area contributed by atoms with Gasteiger partial charge in [0.15, 0.2) is 5.13 Å². The SMILES string of the molecule is CCS(=O)(=O)N1CCc2nc(NC(=O)c3cccc(-n4cnnn4)c3)sc2C1. The highest BCUT2D eigenvalue weighted by Crippen LogP contribution is 2.29. The van der Waals surface area contributed by atoms with Gasteiger partial charge >= 0.3 is 0 Å². The van der Waals surface area contributed by atoms with E-state index in [2.05, 4.69) is 25.8 Å². The van der Waals surface area contributed by atoms with Crippen LogP contribution in [0.3, 0.4) is 0 Å². The molecule has 1 aromatic carbocycles. The van der Waals surface area contributed by atoms with Crippen LogP contribution in [-0.2, 0) is 23.0 Å². The van der Waals surface area contributed by atoms with E-state index in [1.165, 1.54) is 26.7 Å². The number of fused-ring (bicyclic) bond motifs is 1. The van der Waals surface area contributed by atoms with Gasteiger partial charge in [-0.1, -0.05) is 6.07 Å². The fourth-order valence-corrected chi connectivity index (χ4v) is 5.05. The summed E-state index contributed by atoms with van der Waals surface area (Å²) >= 11 is 1.30. The van der Waals surface area contributed by atoms with Gasteiger partial charge in [0.1, 0.15) is 6.33 Å². The third-order valence-corrected chi connectivity index (χ3v) is 7.22. The molecule has 1 amide bonds. The minimum absolute atomic E-state index is 0.0718. The van der Waals surface area contributed by atoms with Crippen molar-refractivity contribution in [2.24, 2.45) is 0 Å². The molecule has 10 nitrogen and oxygen atoms in total. The highest BCUT2D eigenvalue weighted by molar-refractivity contribution is 7.89. The molecule has 0 saturated heterocycles. The van der Waals surface area contributed by atoms with Crippen molar-refractivity contribution in [2.45, 2.75) is 19.9 Å². The quantitative estimate of drug-likeness (QED) is 0.656. The minimum Gasteiger partial charge on any atom is -0.298 e. The number of thiazole rings is 1. The predicted molar refractivity (Wildman–Crippen MR) is 103 cm³/mol. The Kier molecular flexibility index (Phi) is 4.91. The molecule has 0 aliphatic carbocycles. The number of anilines is 1. The number of hydrogen-bond donors (Lipinski definition) is 1. The lowest BCUT2D eigenvalue weighted by molar-refractivity contribution is 0.102. The second kappa shape index (κ2) is 7.37. The van der Waals surface area contributed by atoms with E-state index in [1.807, 2.05) is 0 Å². The van der Waals surface area contributed by atoms with E-state index in [1.54, 1.807) is 31.2 Å². The van der Waals surface area contributed by atoms with Gasteiger partial charge in [0.2, 0.25) is 10.0 Å². The van der Waals surface area contributed by atoms with E-state index in [-0.39, 0.29) is 11.7 Å². The molecule has 0 radical (unpaired) electrons. The number of carbonyl (C=O) groups excluding carboxylic acids is 1. The monoisotopic (exact) mass is 419 g/mol. The van der Waals surface area contributed by atoms with Crippen molar-refractivity contribution in [2.75, 3.05) is 17.6 Å². The van der Waals surface area contributed by atoms with Gasteiger partial charge in [0.05, 0.1) is 17.1 Å². The number of amides is 1. The number of sulfonamides is 1. The predicted octanol–water partition coefficient (Wildman–Crippen LogP) is 1.08. The van der Waals surface area contributed by atoms with E-state index in [0.717, 1.165) is 10.6 Å². The van der Waals surface area contributed by atoms with E-state index in [9.17, 15) is 13.2 Å². The molecule has 146 valence electrons. The Hall–Kier alpha value is -2.70. The molecule has 28 heavy (non-hydrogen) atoms. The minimum atomic E-state index is -3.24. The molecule has 1 N–H and O–H groups in total. The lowest BCUT2D eigenvalue weighted by Crippen LogP contribution is -2.36. The zero-order valence-electron chi connectivity index (χ0n) is 14.9. The highest BCUT2D eigenvalue weighted by atomic mass is 32.2. The lowest BCUT2D eigenvalue weighted by atomic mass is 10.2. The molecule has 0 saturated carbocycles. The molecule has 12 heteroatoms. The van der Waals surface area contributed by atoms with E-state index >= 15 is 0 Å². The van der Waals surface area contributed by atoms with Crippen LogP contribution in [0, 0.1) is 0 Å². The van der Waals surface area contributed by atoms with Crippen molar-refractivity contribution >= 4 is 32.4 Å². The fraction of sp³-hybridized carbons (Fsp3) is 0.312. The molecule has 3 heterocycles. The summed E-state index contributed by atoms with van der Waals surface area (Å²) in [6, 6.07) is 6.89. The van der Waals surface area contributed by atoms with Crippen molar-refractivity contribution < 1.29 is 13.2 Å². The Morgan fingerprint density at radius 3 is 2.96 bits per heavy atom. The van der Waals surface area contributed by atoms with Crippen LogP contribution in [0.4, 0.5) is 5.13 Å². The lowest BCUT2D eigenvalue weighted by Gasteiger charge is -2.24. The van der Waals surface area contributed by atoms with E-state index in [4.69, 9.17) is 0 Å². The molecule has 2 aromatic heterocycles. The summed E-state index contributed by atoms with van der Waals surface area (Å²) < 4.78 is 27.1. The van der Waals surface area contributed by atoms with Gasteiger partial charge in [-0.25, -0.2) is 18.1 Å². The third-order valence-electron chi connectivity index (χ3n) is 4.40. The number of benzene rings is 1. The first-order valence-electron chi connectivity index (χ1n) is 8.57. The highest BCUT2D eigenvalue weighted by Gasteiger charge is 2.28. The fourth-order valence-electron chi connectivity index (χ4n) is 2.88. The number of rotatable bonds is 5. The zero-order chi connectivity index (χ0) is 19.7. The van der Waals surface area contributed by atoms with Gasteiger partial charge in [-0.2, -0.15) is 4.31 Å². The van der Waals surface area contributed by atoms with Gasteiger partial charge in [0.25, 0.3) is 5.91 Å². The molecule has 0 unspecified atom stereocenters. The standard InChI is InChI=1S/C16H17N7O3S2/c1-2-28(25,26)22-7-6-13-14(9-22)27-16(18-13)19-15(24)11-4-3-5-12(8-11)23-10-17-20-21-23/h3-5,8,10H,2,6-7,9H2,1H3,(H,18,19,24). The maximum Gasteiger partial charge on any atom is 0.257 e. The van der Waals surface area contributed by atoms with Crippen molar-refractivity contribution in [1.29, 1.82) is 0 Å². The molecule has 0 bridgehead atoms. The third kappa shape index (κ3) is 3.66. The molecule has 0 fully saturated rings. The molecule has 1 aliphatic heterocycles. The second-order valence-corrected chi connectivity index (χ2v) is 9.47. The summed E-state index contributed by atoms with van der Waals surface area (Å²) in [6.45, 7) is 2.34. The Bertz CT molecular complexity index is 1110. The van der Waals surface area contributed by atoms with Crippen molar-refractivity contribution in [3.05, 3.63) is 46.7 Å². The second-order valence-electron chi connectivity index (χ2n) is 6.13. The summed E-state index contributed by atoms with van der Waals surface area (Å²) in [5.74, 6) is -0.235. The molecule has 1 aliphatic rings. The summed E-state index contributed by atoms with van der Waals surface area (Å²) in [5.41, 5.74) is 1.94. The van der Waals surface area contributed by atoms with Crippen LogP contribution in [-0.4, -0.2) is 56.1 Å². The average Bonchev–Trinajstić information content (AvgIpc) is 3.37. The van der Waals surface area contributed by atoms with Crippen LogP contribution in [0.15, 0.2) is 30.6 Å². The van der Waals surface area contributed by atoms with Crippen molar-refractivity contribution in [3.63, 3.8) is 0 Å². The molecule has 0 spiro atoms. The number of aromatic nitrogens is 5. The first-order valence-corrected chi connectivity index (χ1v) is 11.0. The first-order chi connectivity index (χ1) is 13.5. The smallest absolute Gasteiger partial charge is 0.257 e. The molecule has 4 rings (SSSR count). The van der Waals surface area contributed by atoms with Gasteiger partial charge in [-0.15, -0.1) is 16.4 Å². The van der Waals surface area contributed by atoms with Crippen LogP contribution in [0.2, 0.25) is 0 Å². The number of tetrazole rings is 1. The van der Waals surface area contributed by atoms with Crippen LogP contribution in [0.25, 0.3) is 5.69 Å². The summed E-state index contributed by atoms with van der Waals surface area (Å²) in [6.07, 6.45) is 1.98. The first kappa shape index (κ1) is 18.7. The van der Waals surface area contributed by atoms with Crippen LogP contribution in [0.1, 0.15) is 27.9 Å². The van der Waals surface area contributed by atoms with Gasteiger partial charge < -0.3 is 0 Å². The van der Waals surface area contributed by atoms with Gasteiger partial charge in [-0.05, 0) is 35.5 Å². The van der Waals surface area contributed by atoms with Crippen molar-refractivity contribution in [1.82, 2.24) is 29.5 Å². The molecular weight excluding hydrogens is 402 g/mol. The van der Waals surface area contributed by atoms with Gasteiger partial charge in [0, 0.05) is 30.0 Å². The van der Waals surface area contributed by atoms with Crippen LogP contribution < -0.4 is 5.32 Å². The molecule has 3 aromatic rings. The molecular formula is C16H17N7O3S2. The Labute approximate surface area is 165 Å². The van der Waals surface area contributed by atoms with Crippen LogP contribution in [0.5, 0.6) is 0 Å². The average molecular weight is 419 g/mol. The van der Waals surface area contributed by atoms with Gasteiger partial charge in [-0.3, -0.25) is 10.1 Å². The molecule has 0 atom stereocenters. The Morgan fingerprint density at radius 2 is 2.21 bits per heavy atom. The normalized spacial score (nSPS) is 14.6. The number of carbonyl (C=O) groups is 1. The topological polar surface area (TPSA) is 123 Å². The number of hydrogen-bond acceptors (Lipinski definition) is 8. The summed E-state index contributed by atoms with van der Waals surface area (Å²) in [5, 5.41) is 14.2.